The van der Waals surface area contributed by atoms with Crippen molar-refractivity contribution in [3.05, 3.63) is 22.9 Å². The van der Waals surface area contributed by atoms with Gasteiger partial charge in [-0.1, -0.05) is 0 Å². The second-order valence-electron chi connectivity index (χ2n) is 3.87. The molecule has 0 bridgehead atoms. The van der Waals surface area contributed by atoms with Gasteiger partial charge in [0.1, 0.15) is 0 Å². The van der Waals surface area contributed by atoms with Gasteiger partial charge in [0.25, 0.3) is 0 Å². The van der Waals surface area contributed by atoms with Crippen molar-refractivity contribution in [1.82, 2.24) is 4.98 Å². The van der Waals surface area contributed by atoms with E-state index in [1.807, 2.05) is 18.5 Å². The second-order valence-corrected chi connectivity index (χ2v) is 4.72. The quantitative estimate of drug-likeness (QED) is 0.826. The molecule has 82 valence electrons. The van der Waals surface area contributed by atoms with Crippen molar-refractivity contribution in [3.8, 4) is 0 Å². The third-order valence-electron chi connectivity index (χ3n) is 2.96. The summed E-state index contributed by atoms with van der Waals surface area (Å²) in [7, 11) is 2.11. The number of pyridine rings is 1. The average Bonchev–Trinajstić information content (AvgIpc) is 2.64. The van der Waals surface area contributed by atoms with E-state index in [0.29, 0.717) is 12.1 Å². The number of likely N-dealkylation sites (N-methyl/N-ethyl adjacent to an activating group) is 1. The molecule has 1 aliphatic heterocycles. The maximum Gasteiger partial charge on any atom is 0.0750 e. The molecule has 3 nitrogen and oxygen atoms in total. The van der Waals surface area contributed by atoms with Crippen LogP contribution in [0.4, 0.5) is 5.69 Å². The maximum atomic E-state index is 5.58. The lowest BCUT2D eigenvalue weighted by atomic mass is 10.1. The van der Waals surface area contributed by atoms with Gasteiger partial charge in [-0.25, -0.2) is 0 Å². The molecule has 0 amide bonds. The lowest BCUT2D eigenvalue weighted by Crippen LogP contribution is -2.36. The summed E-state index contributed by atoms with van der Waals surface area (Å²) in [5.41, 5.74) is 1.17. The molecule has 0 aliphatic carbocycles. The lowest BCUT2D eigenvalue weighted by molar-refractivity contribution is 0.118. The van der Waals surface area contributed by atoms with E-state index in [1.54, 1.807) is 0 Å². The molecule has 1 fully saturated rings. The van der Waals surface area contributed by atoms with E-state index in [0.717, 1.165) is 17.5 Å². The van der Waals surface area contributed by atoms with Gasteiger partial charge in [0, 0.05) is 26.0 Å². The molecular weight excluding hydrogens is 256 g/mol. The van der Waals surface area contributed by atoms with Crippen molar-refractivity contribution in [2.24, 2.45) is 0 Å². The fourth-order valence-electron chi connectivity index (χ4n) is 2.06. The number of hydrogen-bond donors (Lipinski definition) is 0. The Labute approximate surface area is 98.6 Å². The lowest BCUT2D eigenvalue weighted by Gasteiger charge is -2.29. The first-order valence-electron chi connectivity index (χ1n) is 5.14. The minimum atomic E-state index is 0.301. The smallest absolute Gasteiger partial charge is 0.0750 e. The van der Waals surface area contributed by atoms with Gasteiger partial charge in [-0.3, -0.25) is 4.98 Å². The molecule has 0 radical (unpaired) electrons. The van der Waals surface area contributed by atoms with Crippen LogP contribution in [-0.2, 0) is 4.74 Å². The van der Waals surface area contributed by atoms with E-state index in [4.69, 9.17) is 4.74 Å². The zero-order valence-corrected chi connectivity index (χ0v) is 10.6. The highest BCUT2D eigenvalue weighted by Crippen LogP contribution is 2.29. The summed E-state index contributed by atoms with van der Waals surface area (Å²) in [4.78, 5) is 6.34. The van der Waals surface area contributed by atoms with Gasteiger partial charge in [-0.05, 0) is 35.3 Å². The molecule has 0 N–H and O–H groups in total. The van der Waals surface area contributed by atoms with Crippen molar-refractivity contribution >= 4 is 21.6 Å². The molecule has 1 saturated heterocycles. The zero-order valence-electron chi connectivity index (χ0n) is 8.98. The molecule has 0 spiro atoms. The minimum Gasteiger partial charge on any atom is -0.376 e. The van der Waals surface area contributed by atoms with Crippen molar-refractivity contribution in [2.75, 3.05) is 18.6 Å². The fourth-order valence-corrected chi connectivity index (χ4v) is 2.59. The fraction of sp³-hybridized carbons (Fsp3) is 0.545. The second kappa shape index (κ2) is 4.49. The predicted octanol–water partition coefficient (Wildman–Crippen LogP) is 2.46. The van der Waals surface area contributed by atoms with Gasteiger partial charge in [-0.2, -0.15) is 0 Å². The molecule has 1 aliphatic rings. The summed E-state index contributed by atoms with van der Waals surface area (Å²) in [6.07, 6.45) is 5.03. The molecule has 0 aromatic carbocycles. The molecule has 15 heavy (non-hydrogen) atoms. The summed E-state index contributed by atoms with van der Waals surface area (Å²) in [6.45, 7) is 2.99. The molecule has 2 heterocycles. The Morgan fingerprint density at radius 1 is 1.60 bits per heavy atom. The summed E-state index contributed by atoms with van der Waals surface area (Å²) in [5.74, 6) is 0. The first-order chi connectivity index (χ1) is 7.20. The van der Waals surface area contributed by atoms with Crippen LogP contribution in [0.3, 0.4) is 0 Å². The monoisotopic (exact) mass is 270 g/mol. The van der Waals surface area contributed by atoms with Gasteiger partial charge in [0.2, 0.25) is 0 Å². The summed E-state index contributed by atoms with van der Waals surface area (Å²) >= 11 is 3.52. The van der Waals surface area contributed by atoms with Gasteiger partial charge in [-0.15, -0.1) is 0 Å². The Morgan fingerprint density at radius 2 is 2.40 bits per heavy atom. The molecule has 2 unspecified atom stereocenters. The van der Waals surface area contributed by atoms with E-state index >= 15 is 0 Å². The average molecular weight is 271 g/mol. The van der Waals surface area contributed by atoms with E-state index in [1.165, 1.54) is 5.69 Å². The van der Waals surface area contributed by atoms with E-state index in [2.05, 4.69) is 39.8 Å². The highest BCUT2D eigenvalue weighted by Gasteiger charge is 2.28. The number of nitrogens with zero attached hydrogens (tertiary/aromatic N) is 2. The Balaban J connectivity index is 2.20. The first kappa shape index (κ1) is 10.9. The summed E-state index contributed by atoms with van der Waals surface area (Å²) < 4.78 is 6.61. The van der Waals surface area contributed by atoms with Gasteiger partial charge < -0.3 is 9.64 Å². The normalized spacial score (nSPS) is 25.5. The van der Waals surface area contributed by atoms with Crippen LogP contribution in [0.15, 0.2) is 22.9 Å². The van der Waals surface area contributed by atoms with E-state index in [-0.39, 0.29) is 0 Å². The topological polar surface area (TPSA) is 25.4 Å². The van der Waals surface area contributed by atoms with Gasteiger partial charge >= 0.3 is 0 Å². The third-order valence-corrected chi connectivity index (χ3v) is 3.58. The minimum absolute atomic E-state index is 0.301. The third kappa shape index (κ3) is 2.16. The Bertz CT molecular complexity index is 345. The Kier molecular flexibility index (Phi) is 3.26. The number of hydrogen-bond acceptors (Lipinski definition) is 3. The number of anilines is 1. The van der Waals surface area contributed by atoms with Crippen LogP contribution in [0.1, 0.15) is 13.3 Å². The van der Waals surface area contributed by atoms with Crippen LogP contribution in [-0.4, -0.2) is 30.8 Å². The van der Waals surface area contributed by atoms with Crippen molar-refractivity contribution in [2.45, 2.75) is 25.5 Å². The Morgan fingerprint density at radius 3 is 3.00 bits per heavy atom. The SMILES string of the molecule is CC1OCCC1N(C)c1ccncc1Br. The predicted molar refractivity (Wildman–Crippen MR) is 64.2 cm³/mol. The van der Waals surface area contributed by atoms with Crippen LogP contribution in [0.25, 0.3) is 0 Å². The van der Waals surface area contributed by atoms with Crippen LogP contribution in [0.5, 0.6) is 0 Å². The van der Waals surface area contributed by atoms with Gasteiger partial charge in [0.05, 0.1) is 22.3 Å². The summed E-state index contributed by atoms with van der Waals surface area (Å²) in [5, 5.41) is 0. The molecule has 1 aromatic rings. The maximum absolute atomic E-state index is 5.58. The van der Waals surface area contributed by atoms with Crippen LogP contribution >= 0.6 is 15.9 Å². The van der Waals surface area contributed by atoms with Crippen molar-refractivity contribution in [3.63, 3.8) is 0 Å². The van der Waals surface area contributed by atoms with E-state index in [9.17, 15) is 0 Å². The van der Waals surface area contributed by atoms with Crippen molar-refractivity contribution in [1.29, 1.82) is 0 Å². The number of rotatable bonds is 2. The van der Waals surface area contributed by atoms with Crippen LogP contribution in [0, 0.1) is 0 Å². The molecular formula is C11H15BrN2O. The van der Waals surface area contributed by atoms with E-state index < -0.39 is 0 Å². The largest absolute Gasteiger partial charge is 0.376 e. The zero-order chi connectivity index (χ0) is 10.8. The Hall–Kier alpha value is -0.610. The molecule has 4 heteroatoms. The molecule has 1 aromatic heterocycles. The number of aromatic nitrogens is 1. The molecule has 2 rings (SSSR count). The van der Waals surface area contributed by atoms with Crippen molar-refractivity contribution < 1.29 is 4.74 Å². The highest BCUT2D eigenvalue weighted by atomic mass is 79.9. The number of ether oxygens (including phenoxy) is 1. The van der Waals surface area contributed by atoms with Crippen LogP contribution in [0.2, 0.25) is 0 Å². The standard InChI is InChI=1S/C11H15BrN2O/c1-8-10(4-6-15-8)14(2)11-3-5-13-7-9(11)12/h3,5,7-8,10H,4,6H2,1-2H3. The number of halogens is 1. The van der Waals surface area contributed by atoms with Gasteiger partial charge in [0.15, 0.2) is 0 Å². The highest BCUT2D eigenvalue weighted by molar-refractivity contribution is 9.10. The molecule has 0 saturated carbocycles. The summed E-state index contributed by atoms with van der Waals surface area (Å²) in [6, 6.07) is 2.48. The molecule has 2 atom stereocenters. The van der Waals surface area contributed by atoms with Crippen LogP contribution < -0.4 is 4.90 Å². The first-order valence-corrected chi connectivity index (χ1v) is 5.93.